The molecule has 0 atom stereocenters. The van der Waals surface area contributed by atoms with Gasteiger partial charge < -0.3 is 10.5 Å². The first-order valence-corrected chi connectivity index (χ1v) is 10.6. The first-order valence-electron chi connectivity index (χ1n) is 10.6. The van der Waals surface area contributed by atoms with Crippen LogP contribution in [0.5, 0.6) is 0 Å². The summed E-state index contributed by atoms with van der Waals surface area (Å²) in [5.74, 6) is -4.44. The van der Waals surface area contributed by atoms with Crippen molar-refractivity contribution in [3.63, 3.8) is 0 Å². The van der Waals surface area contributed by atoms with Crippen molar-refractivity contribution >= 4 is 29.3 Å². The van der Waals surface area contributed by atoms with Gasteiger partial charge in [-0.3, -0.25) is 10.3 Å². The zero-order chi connectivity index (χ0) is 26.5. The minimum Gasteiger partial charge on any atom is -0.444 e. The van der Waals surface area contributed by atoms with Gasteiger partial charge in [0.05, 0.1) is 5.69 Å². The first kappa shape index (κ1) is 25.1. The van der Waals surface area contributed by atoms with Crippen LogP contribution in [0.25, 0.3) is 11.3 Å². The van der Waals surface area contributed by atoms with Crippen molar-refractivity contribution in [3.8, 4) is 11.3 Å². The molecule has 4 rings (SSSR count). The Bertz CT molecular complexity index is 1450. The fourth-order valence-corrected chi connectivity index (χ4v) is 3.41. The highest BCUT2D eigenvalue weighted by molar-refractivity contribution is 5.98. The van der Waals surface area contributed by atoms with E-state index in [4.69, 9.17) is 10.5 Å². The van der Waals surface area contributed by atoms with E-state index in [-0.39, 0.29) is 22.6 Å². The van der Waals surface area contributed by atoms with E-state index in [1.807, 2.05) is 0 Å². The number of nitrogens with zero attached hydrogens (tertiary/aromatic N) is 3. The van der Waals surface area contributed by atoms with E-state index in [0.29, 0.717) is 16.7 Å². The van der Waals surface area contributed by atoms with Gasteiger partial charge in [0, 0.05) is 35.3 Å². The fraction of sp³-hybridized carbons (Fsp3) is 0.0400. The number of nitrogens with two attached hydrogens (primary N) is 1. The summed E-state index contributed by atoms with van der Waals surface area (Å²) in [6, 6.07) is 9.83. The van der Waals surface area contributed by atoms with E-state index in [9.17, 15) is 27.2 Å². The monoisotopic (exact) mass is 511 g/mol. The summed E-state index contributed by atoms with van der Waals surface area (Å²) in [4.78, 5) is 32.9. The van der Waals surface area contributed by atoms with E-state index >= 15 is 0 Å². The number of carbonyl (C=O) groups is 2. The van der Waals surface area contributed by atoms with E-state index < -0.39 is 47.7 Å². The van der Waals surface area contributed by atoms with Gasteiger partial charge in [0.1, 0.15) is 41.4 Å². The highest BCUT2D eigenvalue weighted by atomic mass is 19.1. The molecule has 37 heavy (non-hydrogen) atoms. The van der Waals surface area contributed by atoms with Crippen LogP contribution in [-0.4, -0.2) is 22.1 Å². The molecule has 0 unspecified atom stereocenters. The predicted molar refractivity (Wildman–Crippen MR) is 126 cm³/mol. The van der Waals surface area contributed by atoms with Crippen LogP contribution >= 0.6 is 0 Å². The molecule has 4 aromatic rings. The Morgan fingerprint density at radius 1 is 0.919 bits per heavy atom. The van der Waals surface area contributed by atoms with Crippen LogP contribution in [-0.2, 0) is 11.3 Å². The number of aromatic nitrogens is 2. The van der Waals surface area contributed by atoms with Crippen molar-refractivity contribution in [1.29, 1.82) is 0 Å². The van der Waals surface area contributed by atoms with Crippen molar-refractivity contribution in [2.24, 2.45) is 5.73 Å². The smallest absolute Gasteiger partial charge is 0.411 e. The normalized spacial score (nSPS) is 10.6. The van der Waals surface area contributed by atoms with Crippen molar-refractivity contribution in [3.05, 3.63) is 102 Å². The molecule has 0 aliphatic carbocycles. The Hall–Kier alpha value is -5.00. The second-order valence-corrected chi connectivity index (χ2v) is 7.48. The second kappa shape index (κ2) is 10.7. The van der Waals surface area contributed by atoms with Gasteiger partial charge in [0.25, 0.3) is 0 Å². The summed E-state index contributed by atoms with van der Waals surface area (Å²) in [7, 11) is 0. The number of para-hydroxylation sites is 1. The van der Waals surface area contributed by atoms with Crippen LogP contribution in [0, 0.1) is 23.3 Å². The molecule has 0 radical (unpaired) electrons. The molecule has 0 fully saturated rings. The van der Waals surface area contributed by atoms with Gasteiger partial charge in [-0.15, -0.1) is 0 Å². The number of hydrogen-bond donors (Lipinski definition) is 2. The lowest BCUT2D eigenvalue weighted by atomic mass is 10.1. The van der Waals surface area contributed by atoms with E-state index in [1.165, 1.54) is 36.7 Å². The zero-order valence-corrected chi connectivity index (χ0v) is 18.8. The lowest BCUT2D eigenvalue weighted by Gasteiger charge is -2.22. The summed E-state index contributed by atoms with van der Waals surface area (Å²) >= 11 is 0. The van der Waals surface area contributed by atoms with Crippen molar-refractivity contribution in [2.45, 2.75) is 6.61 Å². The molecule has 2 heterocycles. The number of anilines is 3. The maximum atomic E-state index is 14.7. The Morgan fingerprint density at radius 3 is 2.27 bits per heavy atom. The van der Waals surface area contributed by atoms with Crippen LogP contribution in [0.1, 0.15) is 5.56 Å². The average Bonchev–Trinajstić information content (AvgIpc) is 2.86. The van der Waals surface area contributed by atoms with Crippen molar-refractivity contribution in [1.82, 2.24) is 9.97 Å². The molecule has 12 heteroatoms. The molecule has 188 valence electrons. The highest BCUT2D eigenvalue weighted by Crippen LogP contribution is 2.33. The minimum atomic E-state index is -1.28. The lowest BCUT2D eigenvalue weighted by Crippen LogP contribution is -2.33. The largest absolute Gasteiger partial charge is 0.444 e. The number of rotatable bonds is 6. The SMILES string of the molecule is NC(=O)N(c1ccc(COC(=O)Nc2ccncc2)c(-c2ccc(F)cc2F)n1)c1c(F)cccc1F. The van der Waals surface area contributed by atoms with Crippen LogP contribution in [0.3, 0.4) is 0 Å². The van der Waals surface area contributed by atoms with E-state index in [2.05, 4.69) is 15.3 Å². The van der Waals surface area contributed by atoms with Gasteiger partial charge in [-0.1, -0.05) is 6.07 Å². The molecular weight excluding hydrogens is 494 g/mol. The molecule has 0 aliphatic heterocycles. The number of hydrogen-bond acceptors (Lipinski definition) is 5. The van der Waals surface area contributed by atoms with Gasteiger partial charge in [0.15, 0.2) is 0 Å². The number of nitrogens with one attached hydrogen (secondary N) is 1. The second-order valence-electron chi connectivity index (χ2n) is 7.48. The molecule has 2 aromatic carbocycles. The molecule has 0 spiro atoms. The average molecular weight is 511 g/mol. The number of ether oxygens (including phenoxy) is 1. The number of amides is 3. The first-order chi connectivity index (χ1) is 17.7. The summed E-state index contributed by atoms with van der Waals surface area (Å²) in [5, 5.41) is 2.47. The molecule has 8 nitrogen and oxygen atoms in total. The number of carbonyl (C=O) groups excluding carboxylic acids is 2. The summed E-state index contributed by atoms with van der Waals surface area (Å²) in [5.41, 5.74) is 4.73. The van der Waals surface area contributed by atoms with Crippen molar-refractivity contribution < 1.29 is 31.9 Å². The topological polar surface area (TPSA) is 110 Å². The number of benzene rings is 2. The third kappa shape index (κ3) is 5.64. The van der Waals surface area contributed by atoms with Gasteiger partial charge >= 0.3 is 12.1 Å². The molecule has 0 aliphatic rings. The van der Waals surface area contributed by atoms with Crippen LogP contribution in [0.2, 0.25) is 0 Å². The van der Waals surface area contributed by atoms with Crippen LogP contribution in [0.4, 0.5) is 44.3 Å². The molecule has 0 saturated carbocycles. The van der Waals surface area contributed by atoms with E-state index in [0.717, 1.165) is 30.3 Å². The standard InChI is InChI=1S/C25H17F4N5O3/c26-15-5-6-17(20(29)12-15)22-14(13-37-25(36)32-16-8-10-31-11-9-16)4-7-21(33-22)34(24(30)35)23-18(27)2-1-3-19(23)28/h1-12H,13H2,(H2,30,35)(H,31,32,36). The van der Waals surface area contributed by atoms with Crippen LogP contribution in [0.15, 0.2) is 73.1 Å². The predicted octanol–water partition coefficient (Wildman–Crippen LogP) is 5.67. The molecule has 3 N–H and O–H groups in total. The minimum absolute atomic E-state index is 0.137. The van der Waals surface area contributed by atoms with Gasteiger partial charge in [-0.05, 0) is 48.5 Å². The zero-order valence-electron chi connectivity index (χ0n) is 18.8. The van der Waals surface area contributed by atoms with Gasteiger partial charge in [0.2, 0.25) is 0 Å². The maximum Gasteiger partial charge on any atom is 0.411 e. The molecule has 3 amide bonds. The molecule has 0 bridgehead atoms. The number of urea groups is 1. The Morgan fingerprint density at radius 2 is 1.62 bits per heavy atom. The Kier molecular flexibility index (Phi) is 7.28. The Labute approximate surface area is 207 Å². The highest BCUT2D eigenvalue weighted by Gasteiger charge is 2.26. The third-order valence-electron chi connectivity index (χ3n) is 5.05. The van der Waals surface area contributed by atoms with E-state index in [1.54, 1.807) is 0 Å². The molecular formula is C25H17F4N5O3. The number of halogens is 4. The summed E-state index contributed by atoms with van der Waals surface area (Å²) in [6.45, 7) is -0.430. The Balaban J connectivity index is 1.74. The van der Waals surface area contributed by atoms with Crippen LogP contribution < -0.4 is 16.0 Å². The van der Waals surface area contributed by atoms with Gasteiger partial charge in [-0.2, -0.15) is 0 Å². The number of pyridine rings is 2. The lowest BCUT2D eigenvalue weighted by molar-refractivity contribution is 0.155. The quantitative estimate of drug-likeness (QED) is 0.324. The van der Waals surface area contributed by atoms with Gasteiger partial charge in [-0.25, -0.2) is 37.0 Å². The molecule has 2 aromatic heterocycles. The fourth-order valence-electron chi connectivity index (χ4n) is 3.41. The summed E-state index contributed by atoms with van der Waals surface area (Å²) in [6.07, 6.45) is 2.06. The maximum absolute atomic E-state index is 14.7. The van der Waals surface area contributed by atoms with Crippen molar-refractivity contribution in [2.75, 3.05) is 10.2 Å². The third-order valence-corrected chi connectivity index (χ3v) is 5.05. The molecule has 0 saturated heterocycles. The number of primary amides is 1. The summed E-state index contributed by atoms with van der Waals surface area (Å²) < 4.78 is 62.4.